The number of thiazole rings is 1. The van der Waals surface area contributed by atoms with Gasteiger partial charge in [0.25, 0.3) is 0 Å². The number of carbonyl (C=O) groups excluding carboxylic acids is 1. The van der Waals surface area contributed by atoms with Crippen molar-refractivity contribution in [2.75, 3.05) is 12.4 Å². The van der Waals surface area contributed by atoms with Crippen LogP contribution in [0.3, 0.4) is 0 Å². The lowest BCUT2D eigenvalue weighted by Crippen LogP contribution is -2.43. The van der Waals surface area contributed by atoms with E-state index in [1.54, 1.807) is 32.3 Å². The molecular weight excluding hydrogens is 549 g/mol. The molecule has 11 heteroatoms. The number of allylic oxidation sites excluding steroid dienone is 1. The number of hydrogen-bond acceptors (Lipinski definition) is 8. The van der Waals surface area contributed by atoms with Crippen LogP contribution in [0.25, 0.3) is 10.4 Å². The smallest absolute Gasteiger partial charge is 0.324 e. The zero-order chi connectivity index (χ0) is 30.4. The van der Waals surface area contributed by atoms with Crippen molar-refractivity contribution in [1.29, 1.82) is 5.26 Å². The number of anilines is 2. The summed E-state index contributed by atoms with van der Waals surface area (Å²) in [6.45, 7) is 11.5. The molecular formula is C30H35F3N6OS. The summed E-state index contributed by atoms with van der Waals surface area (Å²) < 4.78 is 39.3. The molecule has 2 N–H and O–H groups in total. The van der Waals surface area contributed by atoms with Crippen LogP contribution < -0.4 is 10.6 Å². The first-order valence-corrected chi connectivity index (χ1v) is 14.0. The number of aromatic nitrogens is 3. The van der Waals surface area contributed by atoms with Crippen molar-refractivity contribution in [3.05, 3.63) is 65.6 Å². The van der Waals surface area contributed by atoms with Crippen LogP contribution in [0.15, 0.2) is 49.3 Å². The van der Waals surface area contributed by atoms with Gasteiger partial charge in [0.1, 0.15) is 21.9 Å². The van der Waals surface area contributed by atoms with Crippen LogP contribution in [0, 0.1) is 22.7 Å². The number of alkyl halides is 3. The van der Waals surface area contributed by atoms with Gasteiger partial charge in [-0.15, -0.1) is 17.9 Å². The quantitative estimate of drug-likeness (QED) is 0.278. The van der Waals surface area contributed by atoms with E-state index in [1.807, 2.05) is 32.9 Å². The van der Waals surface area contributed by atoms with Crippen LogP contribution in [-0.4, -0.2) is 27.8 Å². The first-order valence-electron chi connectivity index (χ1n) is 13.2. The third-order valence-corrected chi connectivity index (χ3v) is 8.29. The summed E-state index contributed by atoms with van der Waals surface area (Å²) in [4.78, 5) is 25.2. The summed E-state index contributed by atoms with van der Waals surface area (Å²) in [5, 5.41) is 16.9. The number of nitriles is 1. The van der Waals surface area contributed by atoms with Gasteiger partial charge >= 0.3 is 6.18 Å². The molecule has 0 spiro atoms. The van der Waals surface area contributed by atoms with Crippen LogP contribution in [0.4, 0.5) is 24.8 Å². The molecule has 3 aromatic rings. The minimum absolute atomic E-state index is 0.0895. The number of benzene rings is 1. The van der Waals surface area contributed by atoms with E-state index in [4.69, 9.17) is 0 Å². The number of nitrogens with zero attached hydrogens (tertiary/aromatic N) is 4. The minimum Gasteiger partial charge on any atom is -0.324 e. The van der Waals surface area contributed by atoms with Crippen LogP contribution in [0.5, 0.6) is 0 Å². The molecule has 0 radical (unpaired) electrons. The fourth-order valence-electron chi connectivity index (χ4n) is 5.40. The Morgan fingerprint density at radius 1 is 1.29 bits per heavy atom. The van der Waals surface area contributed by atoms with Crippen molar-refractivity contribution >= 4 is 28.8 Å². The first kappa shape index (κ1) is 31.9. The lowest BCUT2D eigenvalue weighted by atomic mass is 9.58. The van der Waals surface area contributed by atoms with Gasteiger partial charge in [-0.25, -0.2) is 15.0 Å². The van der Waals surface area contributed by atoms with Gasteiger partial charge in [-0.1, -0.05) is 19.9 Å². The molecule has 1 aromatic carbocycles. The standard InChI is InChI=1S/C27H29F3N6OS.C3H6/c1-16(37)20-5-7-26(15-31,14-25(20,2)3)23-34-13-21(38-23)18-9-17(12-32-4)10-19(11-18)35-24-33-8-6-22(36-24)27(28,29)30;1-3-2/h6,8-11,13,20,32H,5,7,12,14H2,1-4H3,(H,33,35,36);3H,1H2,2H3. The SMILES string of the molecule is C=CC.CNCc1cc(Nc2nccc(C(F)(F)F)n2)cc(-c2cnc(C3(C#N)CCC(C(C)=O)C(C)(C)C3)s2)c1. The van der Waals surface area contributed by atoms with Crippen molar-refractivity contribution in [3.63, 3.8) is 0 Å². The molecule has 0 bridgehead atoms. The average molecular weight is 585 g/mol. The molecule has 1 fully saturated rings. The summed E-state index contributed by atoms with van der Waals surface area (Å²) in [6, 6.07) is 8.92. The minimum atomic E-state index is -4.58. The Kier molecular flexibility index (Phi) is 10.0. The Bertz CT molecular complexity index is 1430. The second-order valence-corrected chi connectivity index (χ2v) is 11.9. The maximum absolute atomic E-state index is 13.1. The Hall–Kier alpha value is -3.62. The molecule has 218 valence electrons. The van der Waals surface area contributed by atoms with Crippen molar-refractivity contribution in [2.45, 2.75) is 65.1 Å². The summed E-state index contributed by atoms with van der Waals surface area (Å²) in [7, 11) is 1.80. The third kappa shape index (κ3) is 7.57. The fraction of sp³-hybridized carbons (Fsp3) is 0.433. The summed E-state index contributed by atoms with van der Waals surface area (Å²) in [5.74, 6) is -0.105. The van der Waals surface area contributed by atoms with E-state index < -0.39 is 17.3 Å². The molecule has 0 amide bonds. The number of halogens is 3. The third-order valence-electron chi connectivity index (χ3n) is 7.04. The van der Waals surface area contributed by atoms with E-state index in [-0.39, 0.29) is 23.1 Å². The van der Waals surface area contributed by atoms with Gasteiger partial charge < -0.3 is 10.6 Å². The first-order chi connectivity index (χ1) is 19.3. The lowest BCUT2D eigenvalue weighted by Gasteiger charge is -2.44. The highest BCUT2D eigenvalue weighted by molar-refractivity contribution is 7.15. The Morgan fingerprint density at radius 2 is 2.00 bits per heavy atom. The normalized spacial score (nSPS) is 19.8. The van der Waals surface area contributed by atoms with Crippen LogP contribution in [0.1, 0.15) is 63.2 Å². The zero-order valence-corrected chi connectivity index (χ0v) is 24.7. The zero-order valence-electron chi connectivity index (χ0n) is 23.9. The number of Topliss-reactive ketones (excluding diaryl/α,β-unsaturated/α-hetero) is 1. The largest absolute Gasteiger partial charge is 0.433 e. The summed E-state index contributed by atoms with van der Waals surface area (Å²) >= 11 is 1.43. The van der Waals surface area contributed by atoms with Crippen molar-refractivity contribution in [3.8, 4) is 16.5 Å². The van der Waals surface area contributed by atoms with Gasteiger partial charge in [0, 0.05) is 30.5 Å². The topological polar surface area (TPSA) is 104 Å². The Labute approximate surface area is 243 Å². The van der Waals surface area contributed by atoms with E-state index in [9.17, 15) is 23.2 Å². The maximum atomic E-state index is 13.1. The van der Waals surface area contributed by atoms with Crippen molar-refractivity contribution in [1.82, 2.24) is 20.3 Å². The second-order valence-electron chi connectivity index (χ2n) is 10.8. The molecule has 2 heterocycles. The summed E-state index contributed by atoms with van der Waals surface area (Å²) in [6.07, 6.45) is 1.69. The van der Waals surface area contributed by atoms with Crippen molar-refractivity contribution < 1.29 is 18.0 Å². The number of nitrogens with one attached hydrogen (secondary N) is 2. The molecule has 0 aliphatic heterocycles. The number of rotatable bonds is 7. The Balaban J connectivity index is 0.00000147. The molecule has 2 atom stereocenters. The second kappa shape index (κ2) is 12.9. The molecule has 1 saturated carbocycles. The molecule has 1 aliphatic carbocycles. The van der Waals surface area contributed by atoms with Crippen LogP contribution >= 0.6 is 11.3 Å². The van der Waals surface area contributed by atoms with Gasteiger partial charge in [0.15, 0.2) is 0 Å². The van der Waals surface area contributed by atoms with E-state index in [0.717, 1.165) is 28.3 Å². The molecule has 41 heavy (non-hydrogen) atoms. The molecule has 0 saturated heterocycles. The number of hydrogen-bond donors (Lipinski definition) is 2. The molecule has 1 aliphatic rings. The number of ketones is 1. The highest BCUT2D eigenvalue weighted by Gasteiger charge is 2.49. The lowest BCUT2D eigenvalue weighted by molar-refractivity contribution is -0.141. The van der Waals surface area contributed by atoms with E-state index in [1.165, 1.54) is 11.3 Å². The van der Waals surface area contributed by atoms with Crippen LogP contribution in [-0.2, 0) is 22.9 Å². The van der Waals surface area contributed by atoms with Gasteiger partial charge in [-0.3, -0.25) is 4.79 Å². The molecule has 4 rings (SSSR count). The predicted octanol–water partition coefficient (Wildman–Crippen LogP) is 7.45. The Morgan fingerprint density at radius 3 is 2.59 bits per heavy atom. The molecule has 7 nitrogen and oxygen atoms in total. The average Bonchev–Trinajstić information content (AvgIpc) is 3.39. The van der Waals surface area contributed by atoms with E-state index >= 15 is 0 Å². The highest BCUT2D eigenvalue weighted by Crippen LogP contribution is 2.52. The predicted molar refractivity (Wildman–Crippen MR) is 156 cm³/mol. The monoisotopic (exact) mass is 584 g/mol. The maximum Gasteiger partial charge on any atom is 0.433 e. The van der Waals surface area contributed by atoms with E-state index in [2.05, 4.69) is 38.2 Å². The highest BCUT2D eigenvalue weighted by atomic mass is 32.1. The summed E-state index contributed by atoms with van der Waals surface area (Å²) in [5.41, 5.74) is 0.0835. The van der Waals surface area contributed by atoms with E-state index in [0.29, 0.717) is 36.5 Å². The van der Waals surface area contributed by atoms with Gasteiger partial charge in [0.05, 0.1) is 10.9 Å². The van der Waals surface area contributed by atoms with Crippen LogP contribution in [0.2, 0.25) is 0 Å². The molecule has 2 aromatic heterocycles. The molecule has 2 unspecified atom stereocenters. The van der Waals surface area contributed by atoms with Gasteiger partial charge in [-0.05, 0) is 81.0 Å². The number of carbonyl (C=O) groups is 1. The van der Waals surface area contributed by atoms with Gasteiger partial charge in [-0.2, -0.15) is 18.4 Å². The van der Waals surface area contributed by atoms with Crippen molar-refractivity contribution in [2.24, 2.45) is 11.3 Å². The van der Waals surface area contributed by atoms with Gasteiger partial charge in [0.2, 0.25) is 5.95 Å². The fourth-order valence-corrected chi connectivity index (χ4v) is 6.47.